The van der Waals surface area contributed by atoms with E-state index >= 15 is 0 Å². The van der Waals surface area contributed by atoms with E-state index in [1.807, 2.05) is 0 Å². The van der Waals surface area contributed by atoms with Crippen LogP contribution < -0.4 is 5.32 Å². The van der Waals surface area contributed by atoms with E-state index in [2.05, 4.69) is 5.32 Å². The van der Waals surface area contributed by atoms with Crippen molar-refractivity contribution in [2.24, 2.45) is 5.41 Å². The maximum Gasteiger partial charge on any atom is 0.330 e. The van der Waals surface area contributed by atoms with Crippen LogP contribution in [0.2, 0.25) is 0 Å². The Morgan fingerprint density at radius 3 is 2.19 bits per heavy atom. The normalized spacial score (nSPS) is 23.1. The Labute approximate surface area is 124 Å². The fourth-order valence-electron chi connectivity index (χ4n) is 2.97. The monoisotopic (exact) mass is 316 g/mol. The summed E-state index contributed by atoms with van der Waals surface area (Å²) in [5.41, 5.74) is -1.19. The lowest BCUT2D eigenvalue weighted by Gasteiger charge is -2.38. The van der Waals surface area contributed by atoms with E-state index in [1.54, 1.807) is 0 Å². The lowest BCUT2D eigenvalue weighted by atomic mass is 9.77. The third-order valence-electron chi connectivity index (χ3n) is 4.20. The molecule has 0 aromatic rings. The highest BCUT2D eigenvalue weighted by molar-refractivity contribution is 7.90. The van der Waals surface area contributed by atoms with Crippen molar-refractivity contribution in [1.29, 1.82) is 0 Å². The summed E-state index contributed by atoms with van der Waals surface area (Å²) in [6.07, 6.45) is 5.31. The molecule has 0 bridgehead atoms. The second kappa shape index (κ2) is 5.75. The first kappa shape index (κ1) is 15.9. The van der Waals surface area contributed by atoms with Crippen LogP contribution in [0.4, 0.5) is 4.79 Å². The topological polar surface area (TPSA) is 101 Å². The molecule has 1 heterocycles. The molecule has 2 rings (SSSR count). The van der Waals surface area contributed by atoms with E-state index in [1.165, 1.54) is 0 Å². The summed E-state index contributed by atoms with van der Waals surface area (Å²) in [5, 5.41) is 2.22. The van der Waals surface area contributed by atoms with Crippen molar-refractivity contribution in [2.75, 3.05) is 18.6 Å². The molecule has 1 aliphatic carbocycles. The minimum absolute atomic E-state index is 0.210. The zero-order chi connectivity index (χ0) is 15.7. The van der Waals surface area contributed by atoms with Gasteiger partial charge in [-0.3, -0.25) is 19.8 Å². The van der Waals surface area contributed by atoms with Crippen LogP contribution in [0.25, 0.3) is 0 Å². The van der Waals surface area contributed by atoms with E-state index in [0.29, 0.717) is 12.8 Å². The van der Waals surface area contributed by atoms with Crippen LogP contribution in [0.3, 0.4) is 0 Å². The molecule has 0 unspecified atom stereocenters. The minimum Gasteiger partial charge on any atom is -0.277 e. The number of carbonyl (C=O) groups is 3. The zero-order valence-electron chi connectivity index (χ0n) is 12.1. The van der Waals surface area contributed by atoms with Crippen molar-refractivity contribution < 1.29 is 22.8 Å². The van der Waals surface area contributed by atoms with Crippen LogP contribution in [-0.4, -0.2) is 49.7 Å². The molecule has 1 N–H and O–H groups in total. The number of amides is 4. The summed E-state index contributed by atoms with van der Waals surface area (Å²) in [6.45, 7) is -0.210. The van der Waals surface area contributed by atoms with Crippen LogP contribution in [0.1, 0.15) is 38.5 Å². The third kappa shape index (κ3) is 3.25. The molecule has 7 nitrogen and oxygen atoms in total. The van der Waals surface area contributed by atoms with Crippen molar-refractivity contribution in [3.63, 3.8) is 0 Å². The van der Waals surface area contributed by atoms with E-state index in [9.17, 15) is 22.8 Å². The number of rotatable bonds is 3. The Balaban J connectivity index is 2.24. The molecule has 1 saturated carbocycles. The number of sulfone groups is 1. The largest absolute Gasteiger partial charge is 0.330 e. The fourth-order valence-corrected chi connectivity index (χ4v) is 3.48. The number of hydrogen-bond donors (Lipinski definition) is 1. The molecule has 1 saturated heterocycles. The predicted octanol–water partition coefficient (Wildman–Crippen LogP) is 0.450. The number of carbonyl (C=O) groups excluding carboxylic acids is 3. The van der Waals surface area contributed by atoms with Crippen molar-refractivity contribution in [1.82, 2.24) is 10.2 Å². The minimum atomic E-state index is -3.29. The van der Waals surface area contributed by atoms with Crippen LogP contribution in [0, 0.1) is 5.41 Å². The summed E-state index contributed by atoms with van der Waals surface area (Å²) in [6, 6.07) is -0.816. The molecule has 2 aliphatic rings. The predicted molar refractivity (Wildman–Crippen MR) is 75.1 cm³/mol. The second-order valence-electron chi connectivity index (χ2n) is 5.84. The maximum absolute atomic E-state index is 12.6. The first-order valence-corrected chi connectivity index (χ1v) is 9.17. The molecule has 21 heavy (non-hydrogen) atoms. The fraction of sp³-hybridized carbons (Fsp3) is 0.769. The molecular weight excluding hydrogens is 296 g/mol. The number of nitrogens with one attached hydrogen (secondary N) is 1. The van der Waals surface area contributed by atoms with Crippen LogP contribution in [-0.2, 0) is 19.4 Å². The molecule has 1 aliphatic heterocycles. The first-order valence-electron chi connectivity index (χ1n) is 7.11. The lowest BCUT2D eigenvalue weighted by molar-refractivity contribution is -0.152. The van der Waals surface area contributed by atoms with Crippen molar-refractivity contribution in [2.45, 2.75) is 38.5 Å². The third-order valence-corrected chi connectivity index (χ3v) is 5.12. The molecule has 0 aromatic heterocycles. The van der Waals surface area contributed by atoms with Crippen molar-refractivity contribution >= 4 is 27.7 Å². The number of urea groups is 1. The number of hydrogen-bond acceptors (Lipinski definition) is 5. The van der Waals surface area contributed by atoms with Gasteiger partial charge >= 0.3 is 6.03 Å². The zero-order valence-corrected chi connectivity index (χ0v) is 12.9. The molecule has 2 fully saturated rings. The van der Waals surface area contributed by atoms with E-state index in [-0.39, 0.29) is 12.3 Å². The molecular formula is C13H20N2O5S. The summed E-state index contributed by atoms with van der Waals surface area (Å²) in [7, 11) is -3.29. The van der Waals surface area contributed by atoms with Crippen molar-refractivity contribution in [3.8, 4) is 0 Å². The van der Waals surface area contributed by atoms with Crippen LogP contribution >= 0.6 is 0 Å². The Bertz CT molecular complexity index is 561. The van der Waals surface area contributed by atoms with E-state index < -0.39 is 33.1 Å². The van der Waals surface area contributed by atoms with Crippen LogP contribution in [0.15, 0.2) is 0 Å². The summed E-state index contributed by atoms with van der Waals surface area (Å²) in [4.78, 5) is 37.5. The van der Waals surface area contributed by atoms with E-state index in [4.69, 9.17) is 0 Å². The summed E-state index contributed by atoms with van der Waals surface area (Å²) in [5.74, 6) is -1.37. The molecule has 0 atom stereocenters. The average Bonchev–Trinajstić information content (AvgIpc) is 2.62. The maximum atomic E-state index is 12.6. The lowest BCUT2D eigenvalue weighted by Crippen LogP contribution is -2.64. The van der Waals surface area contributed by atoms with Gasteiger partial charge in [0.1, 0.15) is 15.3 Å². The van der Waals surface area contributed by atoms with Gasteiger partial charge in [-0.25, -0.2) is 13.2 Å². The van der Waals surface area contributed by atoms with Gasteiger partial charge in [-0.1, -0.05) is 25.7 Å². The van der Waals surface area contributed by atoms with E-state index in [0.717, 1.165) is 36.8 Å². The van der Waals surface area contributed by atoms with Gasteiger partial charge < -0.3 is 0 Å². The number of barbiturate groups is 1. The van der Waals surface area contributed by atoms with Crippen molar-refractivity contribution in [3.05, 3.63) is 0 Å². The Morgan fingerprint density at radius 1 is 1.10 bits per heavy atom. The Morgan fingerprint density at radius 2 is 1.67 bits per heavy atom. The van der Waals surface area contributed by atoms with Gasteiger partial charge in [0.2, 0.25) is 11.8 Å². The molecule has 118 valence electrons. The molecule has 1 spiro atoms. The van der Waals surface area contributed by atoms with Gasteiger partial charge in [-0.2, -0.15) is 0 Å². The second-order valence-corrected chi connectivity index (χ2v) is 8.10. The van der Waals surface area contributed by atoms with Crippen LogP contribution in [0.5, 0.6) is 0 Å². The quantitative estimate of drug-likeness (QED) is 0.762. The highest BCUT2D eigenvalue weighted by Gasteiger charge is 2.53. The summed E-state index contributed by atoms with van der Waals surface area (Å²) >= 11 is 0. The average molecular weight is 316 g/mol. The SMILES string of the molecule is CS(=O)(=O)CCN1C(=O)NC(=O)C2(CCCCCC2)C1=O. The number of imide groups is 2. The molecule has 4 amide bonds. The molecule has 0 aromatic carbocycles. The highest BCUT2D eigenvalue weighted by atomic mass is 32.2. The number of nitrogens with zero attached hydrogens (tertiary/aromatic N) is 1. The standard InChI is InChI=1S/C13H20N2O5S/c1-21(19,20)9-8-15-11(17)13(10(16)14-12(15)18)6-4-2-3-5-7-13/h2-9H2,1H3,(H,14,16,18). The van der Waals surface area contributed by atoms with Gasteiger partial charge in [0, 0.05) is 12.8 Å². The van der Waals surface area contributed by atoms with Gasteiger partial charge in [0.05, 0.1) is 5.75 Å². The van der Waals surface area contributed by atoms with Gasteiger partial charge in [0.15, 0.2) is 0 Å². The van der Waals surface area contributed by atoms with Gasteiger partial charge in [-0.05, 0) is 12.8 Å². The van der Waals surface area contributed by atoms with Gasteiger partial charge in [0.25, 0.3) is 0 Å². The molecule has 8 heteroatoms. The Hall–Kier alpha value is -1.44. The summed E-state index contributed by atoms with van der Waals surface area (Å²) < 4.78 is 22.5. The highest BCUT2D eigenvalue weighted by Crippen LogP contribution is 2.39. The first-order chi connectivity index (χ1) is 9.76. The smallest absolute Gasteiger partial charge is 0.277 e. The van der Waals surface area contributed by atoms with Gasteiger partial charge in [-0.15, -0.1) is 0 Å². The Kier molecular flexibility index (Phi) is 4.36. The molecule has 0 radical (unpaired) electrons.